The van der Waals surface area contributed by atoms with Crippen molar-refractivity contribution in [1.82, 2.24) is 4.98 Å². The fourth-order valence-electron chi connectivity index (χ4n) is 7.33. The number of pyridine rings is 1. The van der Waals surface area contributed by atoms with E-state index in [0.29, 0.717) is 37.9 Å². The summed E-state index contributed by atoms with van der Waals surface area (Å²) in [6, 6.07) is 50.3. The van der Waals surface area contributed by atoms with Crippen LogP contribution < -0.4 is 4.74 Å². The van der Waals surface area contributed by atoms with Crippen molar-refractivity contribution in [3.05, 3.63) is 196 Å². The topological polar surface area (TPSA) is 68.3 Å². The summed E-state index contributed by atoms with van der Waals surface area (Å²) in [6.07, 6.45) is 0.305. The molecule has 0 aliphatic carbocycles. The molecule has 2 aliphatic rings. The van der Waals surface area contributed by atoms with Gasteiger partial charge in [0, 0.05) is 16.8 Å². The molecule has 9 heteroatoms. The van der Waals surface area contributed by atoms with Crippen LogP contribution in [-0.4, -0.2) is 41.4 Å². The van der Waals surface area contributed by atoms with Gasteiger partial charge >= 0.3 is 0 Å². The first-order chi connectivity index (χ1) is 27.5. The number of rotatable bonds is 16. The van der Waals surface area contributed by atoms with Crippen LogP contribution in [0.15, 0.2) is 163 Å². The minimum atomic E-state index is -1.40. The van der Waals surface area contributed by atoms with E-state index < -0.39 is 29.0 Å². The predicted octanol–water partition coefficient (Wildman–Crippen LogP) is 10.2. The number of hydrogen-bond acceptors (Lipinski definition) is 8. The highest BCUT2D eigenvalue weighted by atomic mass is 35.5. The Balaban J connectivity index is 1.23. The number of thioether (sulfide) groups is 1. The first-order valence-corrected chi connectivity index (χ1v) is 20.1. The number of hydrogen-bond donors (Lipinski definition) is 0. The van der Waals surface area contributed by atoms with Gasteiger partial charge in [-0.1, -0.05) is 139 Å². The van der Waals surface area contributed by atoms with Gasteiger partial charge in [-0.15, -0.1) is 0 Å². The third kappa shape index (κ3) is 8.58. The van der Waals surface area contributed by atoms with Crippen molar-refractivity contribution in [1.29, 1.82) is 0 Å². The Morgan fingerprint density at radius 2 is 1.29 bits per heavy atom. The molecule has 286 valence electrons. The molecule has 2 aliphatic heterocycles. The highest BCUT2D eigenvalue weighted by molar-refractivity contribution is 8.00. The first-order valence-electron chi connectivity index (χ1n) is 18.9. The summed E-state index contributed by atoms with van der Waals surface area (Å²) in [5.74, 6) is -0.571. The van der Waals surface area contributed by atoms with Crippen LogP contribution in [0.5, 0.6) is 5.75 Å². The molecule has 5 aromatic carbocycles. The van der Waals surface area contributed by atoms with E-state index in [4.69, 9.17) is 45.0 Å². The van der Waals surface area contributed by atoms with Gasteiger partial charge in [0.2, 0.25) is 5.79 Å². The van der Waals surface area contributed by atoms with Crippen LogP contribution in [0.2, 0.25) is 5.02 Å². The van der Waals surface area contributed by atoms with Crippen molar-refractivity contribution < 1.29 is 28.4 Å². The minimum absolute atomic E-state index is 0.181. The molecule has 7 nitrogen and oxygen atoms in total. The fraction of sp³-hybridized carbons (Fsp3) is 0.255. The molecule has 8 rings (SSSR count). The van der Waals surface area contributed by atoms with Crippen LogP contribution in [0.1, 0.15) is 40.3 Å². The molecule has 2 bridgehead atoms. The zero-order chi connectivity index (χ0) is 38.2. The summed E-state index contributed by atoms with van der Waals surface area (Å²) >= 11 is 8.44. The van der Waals surface area contributed by atoms with Crippen LogP contribution in [0.25, 0.3) is 0 Å². The highest BCUT2D eigenvalue weighted by Crippen LogP contribution is 2.58. The zero-order valence-electron chi connectivity index (χ0n) is 31.2. The molecule has 0 radical (unpaired) electrons. The molecule has 0 unspecified atom stereocenters. The largest absolute Gasteiger partial charge is 0.494 e. The fourth-order valence-corrected chi connectivity index (χ4v) is 8.73. The molecule has 0 amide bonds. The van der Waals surface area contributed by atoms with Gasteiger partial charge in [0.25, 0.3) is 0 Å². The van der Waals surface area contributed by atoms with Crippen LogP contribution in [-0.2, 0) is 55.7 Å². The van der Waals surface area contributed by atoms with Crippen molar-refractivity contribution in [3.63, 3.8) is 0 Å². The van der Waals surface area contributed by atoms with Gasteiger partial charge in [0.15, 0.2) is 4.93 Å². The number of halogens is 1. The molecule has 2 fully saturated rings. The quantitative estimate of drug-likeness (QED) is 0.0961. The maximum absolute atomic E-state index is 7.45. The van der Waals surface area contributed by atoms with Gasteiger partial charge in [-0.3, -0.25) is 0 Å². The summed E-state index contributed by atoms with van der Waals surface area (Å²) in [5.41, 5.74) is 5.87. The van der Waals surface area contributed by atoms with Crippen molar-refractivity contribution in [3.8, 4) is 5.75 Å². The lowest BCUT2D eigenvalue weighted by Gasteiger charge is -2.50. The summed E-state index contributed by atoms with van der Waals surface area (Å²) in [5, 5.41) is 1.42. The van der Waals surface area contributed by atoms with Crippen LogP contribution in [0, 0.1) is 0 Å². The summed E-state index contributed by atoms with van der Waals surface area (Å²) in [4.78, 5) is 3.63. The van der Waals surface area contributed by atoms with E-state index in [1.54, 1.807) is 6.20 Å². The van der Waals surface area contributed by atoms with Gasteiger partial charge in [-0.25, -0.2) is 4.98 Å². The van der Waals surface area contributed by atoms with Crippen molar-refractivity contribution in [2.75, 3.05) is 13.2 Å². The highest BCUT2D eigenvalue weighted by Gasteiger charge is 2.70. The SMILES string of the molecule is CCOc1ccc(Cc2cc([C@]34OC[C@](Sc5ccccn5)(O3)[C@@H](OCc3ccccc3)[C@H](OCc3ccccc3)[C@H]4OCc3ccccc3)ccc2Cl)cc1. The molecule has 6 aromatic rings. The molecule has 1 aromatic heterocycles. The summed E-state index contributed by atoms with van der Waals surface area (Å²) in [7, 11) is 0. The number of fused-ring (bicyclic) bond motifs is 2. The Hall–Kier alpha value is -4.51. The molecule has 0 spiro atoms. The van der Waals surface area contributed by atoms with Crippen LogP contribution in [0.3, 0.4) is 0 Å². The average Bonchev–Trinajstić information content (AvgIpc) is 3.59. The molecular formula is C47H44ClNO6S. The minimum Gasteiger partial charge on any atom is -0.494 e. The first kappa shape index (κ1) is 38.4. The number of nitrogens with zero attached hydrogens (tertiary/aromatic N) is 1. The van der Waals surface area contributed by atoms with E-state index in [-0.39, 0.29) is 6.61 Å². The lowest BCUT2D eigenvalue weighted by Crippen LogP contribution is -2.65. The van der Waals surface area contributed by atoms with Crippen molar-refractivity contribution >= 4 is 23.4 Å². The predicted molar refractivity (Wildman–Crippen MR) is 218 cm³/mol. The molecular weight excluding hydrogens is 742 g/mol. The lowest BCUT2D eigenvalue weighted by atomic mass is 9.87. The normalized spacial score (nSPS) is 22.9. The Morgan fingerprint density at radius 1 is 0.679 bits per heavy atom. The van der Waals surface area contributed by atoms with Crippen LogP contribution in [0.4, 0.5) is 0 Å². The van der Waals surface area contributed by atoms with Crippen molar-refractivity contribution in [2.45, 2.75) is 67.2 Å². The summed E-state index contributed by atoms with van der Waals surface area (Å²) in [6.45, 7) is 3.72. The van der Waals surface area contributed by atoms with Crippen molar-refractivity contribution in [2.24, 2.45) is 0 Å². The second kappa shape index (κ2) is 17.7. The number of aromatic nitrogens is 1. The molecule has 2 saturated heterocycles. The second-order valence-corrected chi connectivity index (χ2v) is 15.6. The third-order valence-corrected chi connectivity index (χ3v) is 11.6. The monoisotopic (exact) mass is 785 g/mol. The van der Waals surface area contributed by atoms with Gasteiger partial charge < -0.3 is 28.4 Å². The molecule has 0 saturated carbocycles. The Morgan fingerprint density at radius 3 is 1.89 bits per heavy atom. The molecule has 56 heavy (non-hydrogen) atoms. The van der Waals surface area contributed by atoms with Gasteiger partial charge in [-0.05, 0) is 77.6 Å². The molecule has 3 heterocycles. The Bertz CT molecular complexity index is 2150. The third-order valence-electron chi connectivity index (χ3n) is 10.0. The second-order valence-electron chi connectivity index (χ2n) is 13.9. The van der Waals surface area contributed by atoms with E-state index in [0.717, 1.165) is 44.2 Å². The zero-order valence-corrected chi connectivity index (χ0v) is 32.7. The maximum Gasteiger partial charge on any atom is 0.226 e. The van der Waals surface area contributed by atoms with E-state index in [9.17, 15) is 0 Å². The average molecular weight is 786 g/mol. The Kier molecular flexibility index (Phi) is 12.2. The molecule has 5 atom stereocenters. The number of benzene rings is 5. The maximum atomic E-state index is 7.45. The lowest BCUT2D eigenvalue weighted by molar-refractivity contribution is -0.334. The van der Waals surface area contributed by atoms with E-state index in [2.05, 4.69) is 42.5 Å². The van der Waals surface area contributed by atoms with Gasteiger partial charge in [0.05, 0.1) is 38.1 Å². The van der Waals surface area contributed by atoms with Gasteiger partial charge in [-0.2, -0.15) is 0 Å². The van der Waals surface area contributed by atoms with E-state index in [1.807, 2.05) is 116 Å². The van der Waals surface area contributed by atoms with E-state index >= 15 is 0 Å². The summed E-state index contributed by atoms with van der Waals surface area (Å²) < 4.78 is 41.3. The molecule has 0 N–H and O–H groups in total. The Labute approximate surface area is 337 Å². The van der Waals surface area contributed by atoms with Gasteiger partial charge in [0.1, 0.15) is 24.1 Å². The standard InChI is InChI=1S/C47H44ClNO6S/c1-2-50-40-24-21-34(22-25-40)28-38-29-39(23-26-41(38)48)47-45(53-32-37-18-10-5-11-19-37)43(51-30-35-14-6-3-7-15-35)44(52-31-36-16-8-4-9-17-36)46(55-47,33-54-47)56-42-20-12-13-27-49-42/h3-27,29,43-45H,2,28,30-33H2,1H3/t43-,44-,45+,46+,47-/m0/s1. The number of ether oxygens (including phenoxy) is 6. The smallest absolute Gasteiger partial charge is 0.226 e. The van der Waals surface area contributed by atoms with Crippen LogP contribution >= 0.6 is 23.4 Å². The van der Waals surface area contributed by atoms with E-state index in [1.165, 1.54) is 11.8 Å².